The van der Waals surface area contributed by atoms with Gasteiger partial charge in [-0.2, -0.15) is 0 Å². The summed E-state index contributed by atoms with van der Waals surface area (Å²) in [5, 5.41) is 9.57. The minimum absolute atomic E-state index is 0.114. The summed E-state index contributed by atoms with van der Waals surface area (Å²) in [7, 11) is 3.06. The van der Waals surface area contributed by atoms with E-state index in [0.717, 1.165) is 5.56 Å². The normalized spacial score (nSPS) is 20.3. The molecule has 1 saturated heterocycles. The Morgan fingerprint density at radius 2 is 1.76 bits per heavy atom. The molecule has 1 amide bonds. The van der Waals surface area contributed by atoms with Crippen LogP contribution in [0.5, 0.6) is 11.5 Å². The lowest BCUT2D eigenvalue weighted by atomic mass is 9.89. The van der Waals surface area contributed by atoms with Gasteiger partial charge in [0.1, 0.15) is 5.60 Å². The number of methoxy groups -OCH3 is 2. The Morgan fingerprint density at radius 3 is 2.28 bits per heavy atom. The van der Waals surface area contributed by atoms with E-state index >= 15 is 0 Å². The third-order valence-corrected chi connectivity index (χ3v) is 4.12. The molecule has 138 valence electrons. The number of benzene rings is 1. The van der Waals surface area contributed by atoms with E-state index < -0.39 is 23.6 Å². The van der Waals surface area contributed by atoms with Crippen LogP contribution in [-0.4, -0.2) is 55.0 Å². The highest BCUT2D eigenvalue weighted by Gasteiger charge is 2.42. The van der Waals surface area contributed by atoms with Crippen molar-refractivity contribution in [1.82, 2.24) is 4.90 Å². The second kappa shape index (κ2) is 7.21. The Labute approximate surface area is 147 Å². The molecule has 1 fully saturated rings. The van der Waals surface area contributed by atoms with Gasteiger partial charge in [0.25, 0.3) is 0 Å². The van der Waals surface area contributed by atoms with E-state index in [1.54, 1.807) is 39.0 Å². The SMILES string of the molecule is COc1ccc(C2CN(C(=O)OC(C)(C)C)CC2C(=O)O)cc1OC. The molecule has 0 aliphatic carbocycles. The van der Waals surface area contributed by atoms with Gasteiger partial charge in [-0.15, -0.1) is 0 Å². The molecule has 0 spiro atoms. The summed E-state index contributed by atoms with van der Waals surface area (Å²) in [6, 6.07) is 5.31. The Morgan fingerprint density at radius 1 is 1.12 bits per heavy atom. The number of ether oxygens (including phenoxy) is 3. The summed E-state index contributed by atoms with van der Waals surface area (Å²) < 4.78 is 15.9. The van der Waals surface area contributed by atoms with Gasteiger partial charge < -0.3 is 24.2 Å². The van der Waals surface area contributed by atoms with Gasteiger partial charge in [0.05, 0.1) is 20.1 Å². The van der Waals surface area contributed by atoms with E-state index in [1.165, 1.54) is 19.1 Å². The lowest BCUT2D eigenvalue weighted by Gasteiger charge is -2.24. The highest BCUT2D eigenvalue weighted by atomic mass is 16.6. The molecule has 0 aromatic heterocycles. The standard InChI is InChI=1S/C18H25NO6/c1-18(2,3)25-17(22)19-9-12(13(10-19)16(20)21)11-6-7-14(23-4)15(8-11)24-5/h6-8,12-13H,9-10H2,1-5H3,(H,20,21). The van der Waals surface area contributed by atoms with E-state index in [-0.39, 0.29) is 19.0 Å². The second-order valence-corrected chi connectivity index (χ2v) is 7.05. The Kier molecular flexibility index (Phi) is 5.45. The van der Waals surface area contributed by atoms with Gasteiger partial charge in [0, 0.05) is 19.0 Å². The highest BCUT2D eigenvalue weighted by molar-refractivity contribution is 5.76. The van der Waals surface area contributed by atoms with Crippen LogP contribution in [0.15, 0.2) is 18.2 Å². The molecule has 25 heavy (non-hydrogen) atoms. The number of carbonyl (C=O) groups is 2. The monoisotopic (exact) mass is 351 g/mol. The van der Waals surface area contributed by atoms with Gasteiger partial charge in [0.15, 0.2) is 11.5 Å². The first-order valence-electron chi connectivity index (χ1n) is 8.09. The number of hydrogen-bond acceptors (Lipinski definition) is 5. The fourth-order valence-electron chi connectivity index (χ4n) is 2.95. The minimum atomic E-state index is -0.939. The maximum Gasteiger partial charge on any atom is 0.410 e. The van der Waals surface area contributed by atoms with Crippen molar-refractivity contribution in [2.24, 2.45) is 5.92 Å². The van der Waals surface area contributed by atoms with Crippen LogP contribution in [0.25, 0.3) is 0 Å². The van der Waals surface area contributed by atoms with Gasteiger partial charge in [-0.05, 0) is 38.5 Å². The van der Waals surface area contributed by atoms with Crippen molar-refractivity contribution >= 4 is 12.1 Å². The smallest absolute Gasteiger partial charge is 0.410 e. The zero-order chi connectivity index (χ0) is 18.8. The molecule has 7 heteroatoms. The molecule has 0 saturated carbocycles. The third-order valence-electron chi connectivity index (χ3n) is 4.12. The first kappa shape index (κ1) is 18.9. The lowest BCUT2D eigenvalue weighted by molar-refractivity contribution is -0.141. The maximum atomic E-state index is 12.3. The van der Waals surface area contributed by atoms with Crippen molar-refractivity contribution in [2.45, 2.75) is 32.3 Å². The van der Waals surface area contributed by atoms with E-state index in [4.69, 9.17) is 14.2 Å². The molecule has 7 nitrogen and oxygen atoms in total. The zero-order valence-electron chi connectivity index (χ0n) is 15.2. The Hall–Kier alpha value is -2.44. The number of amides is 1. The summed E-state index contributed by atoms with van der Waals surface area (Å²) in [5.74, 6) is -0.888. The van der Waals surface area contributed by atoms with Crippen LogP contribution in [0, 0.1) is 5.92 Å². The van der Waals surface area contributed by atoms with Crippen molar-refractivity contribution in [2.75, 3.05) is 27.3 Å². The molecule has 1 aromatic rings. The van der Waals surface area contributed by atoms with E-state index in [2.05, 4.69) is 0 Å². The molecule has 2 rings (SSSR count). The molecule has 0 bridgehead atoms. The zero-order valence-corrected chi connectivity index (χ0v) is 15.2. The fraction of sp³-hybridized carbons (Fsp3) is 0.556. The third kappa shape index (κ3) is 4.35. The van der Waals surface area contributed by atoms with Crippen LogP contribution < -0.4 is 9.47 Å². The number of nitrogens with zero attached hydrogens (tertiary/aromatic N) is 1. The van der Waals surface area contributed by atoms with Crippen LogP contribution in [0.1, 0.15) is 32.3 Å². The van der Waals surface area contributed by atoms with Crippen LogP contribution in [-0.2, 0) is 9.53 Å². The molecule has 1 N–H and O–H groups in total. The lowest BCUT2D eigenvalue weighted by Crippen LogP contribution is -2.35. The van der Waals surface area contributed by atoms with Gasteiger partial charge in [-0.3, -0.25) is 4.79 Å². The topological polar surface area (TPSA) is 85.3 Å². The van der Waals surface area contributed by atoms with E-state index in [9.17, 15) is 14.7 Å². The summed E-state index contributed by atoms with van der Waals surface area (Å²) in [4.78, 5) is 25.4. The van der Waals surface area contributed by atoms with Gasteiger partial charge >= 0.3 is 12.1 Å². The molecule has 1 aromatic carbocycles. The molecule has 0 radical (unpaired) electrons. The second-order valence-electron chi connectivity index (χ2n) is 7.05. The molecular formula is C18H25NO6. The first-order chi connectivity index (χ1) is 11.7. The van der Waals surface area contributed by atoms with Crippen LogP contribution >= 0.6 is 0 Å². The van der Waals surface area contributed by atoms with Crippen molar-refractivity contribution < 1.29 is 28.9 Å². The van der Waals surface area contributed by atoms with Crippen molar-refractivity contribution in [1.29, 1.82) is 0 Å². The average molecular weight is 351 g/mol. The molecule has 1 aliphatic rings. The number of hydrogen-bond donors (Lipinski definition) is 1. The number of carboxylic acids is 1. The predicted molar refractivity (Wildman–Crippen MR) is 91.2 cm³/mol. The van der Waals surface area contributed by atoms with Crippen molar-refractivity contribution in [3.8, 4) is 11.5 Å². The predicted octanol–water partition coefficient (Wildman–Crippen LogP) is 2.74. The van der Waals surface area contributed by atoms with Crippen molar-refractivity contribution in [3.05, 3.63) is 23.8 Å². The largest absolute Gasteiger partial charge is 0.493 e. The molecule has 1 aliphatic heterocycles. The Bertz CT molecular complexity index is 651. The van der Waals surface area contributed by atoms with Crippen LogP contribution in [0.2, 0.25) is 0 Å². The van der Waals surface area contributed by atoms with E-state index in [1.807, 2.05) is 0 Å². The van der Waals surface area contributed by atoms with Crippen molar-refractivity contribution in [3.63, 3.8) is 0 Å². The molecule has 1 heterocycles. The van der Waals surface area contributed by atoms with E-state index in [0.29, 0.717) is 11.5 Å². The van der Waals surface area contributed by atoms with Crippen LogP contribution in [0.4, 0.5) is 4.79 Å². The molecular weight excluding hydrogens is 326 g/mol. The summed E-state index contributed by atoms with van der Waals surface area (Å²) in [5.41, 5.74) is 0.160. The highest BCUT2D eigenvalue weighted by Crippen LogP contribution is 2.37. The summed E-state index contributed by atoms with van der Waals surface area (Å²) >= 11 is 0. The van der Waals surface area contributed by atoms with Gasteiger partial charge in [0.2, 0.25) is 0 Å². The first-order valence-corrected chi connectivity index (χ1v) is 8.09. The molecule has 2 unspecified atom stereocenters. The van der Waals surface area contributed by atoms with Crippen LogP contribution in [0.3, 0.4) is 0 Å². The fourth-order valence-corrected chi connectivity index (χ4v) is 2.95. The number of rotatable bonds is 4. The Balaban J connectivity index is 2.27. The minimum Gasteiger partial charge on any atom is -0.493 e. The number of likely N-dealkylation sites (tertiary alicyclic amines) is 1. The van der Waals surface area contributed by atoms with Gasteiger partial charge in [-0.25, -0.2) is 4.79 Å². The average Bonchev–Trinajstić information content (AvgIpc) is 2.98. The molecule has 2 atom stereocenters. The number of aliphatic carboxylic acids is 1. The summed E-state index contributed by atoms with van der Waals surface area (Å²) in [6.45, 7) is 5.73. The van der Waals surface area contributed by atoms with Gasteiger partial charge in [-0.1, -0.05) is 6.07 Å². The number of carboxylic acid groups (broad SMARTS) is 1. The summed E-state index contributed by atoms with van der Waals surface area (Å²) in [6.07, 6.45) is -0.498. The quantitative estimate of drug-likeness (QED) is 0.898. The maximum absolute atomic E-state index is 12.3. The number of carbonyl (C=O) groups excluding carboxylic acids is 1.